The van der Waals surface area contributed by atoms with E-state index >= 15 is 0 Å². The SMILES string of the molecule is CCN(CC)CCN(CC)C(=O)[C@@H]1CCC(=O)N(CCc2cccc(F)c2)C1. The molecule has 1 fully saturated rings. The molecule has 0 unspecified atom stereocenters. The van der Waals surface area contributed by atoms with Gasteiger partial charge in [-0.3, -0.25) is 9.59 Å². The van der Waals surface area contributed by atoms with Crippen LogP contribution in [0.4, 0.5) is 4.39 Å². The van der Waals surface area contributed by atoms with Crippen LogP contribution in [0.2, 0.25) is 0 Å². The zero-order chi connectivity index (χ0) is 20.5. The number of hydrogen-bond donors (Lipinski definition) is 0. The predicted octanol–water partition coefficient (Wildman–Crippen LogP) is 2.80. The maximum absolute atomic E-state index is 13.4. The van der Waals surface area contributed by atoms with E-state index in [1.165, 1.54) is 12.1 Å². The Bertz CT molecular complexity index is 648. The van der Waals surface area contributed by atoms with Crippen molar-refractivity contribution in [2.45, 2.75) is 40.0 Å². The third-order valence-electron chi connectivity index (χ3n) is 5.68. The summed E-state index contributed by atoms with van der Waals surface area (Å²) in [5.41, 5.74) is 0.871. The molecule has 1 atom stereocenters. The zero-order valence-electron chi connectivity index (χ0n) is 17.5. The number of carbonyl (C=O) groups is 2. The van der Waals surface area contributed by atoms with Crippen LogP contribution in [0.5, 0.6) is 0 Å². The minimum atomic E-state index is -0.262. The van der Waals surface area contributed by atoms with Crippen LogP contribution in [0.15, 0.2) is 24.3 Å². The highest BCUT2D eigenvalue weighted by molar-refractivity contribution is 5.83. The van der Waals surface area contributed by atoms with Crippen LogP contribution >= 0.6 is 0 Å². The molecule has 1 aliphatic heterocycles. The summed E-state index contributed by atoms with van der Waals surface area (Å²) in [7, 11) is 0. The van der Waals surface area contributed by atoms with Crippen LogP contribution in [0, 0.1) is 11.7 Å². The van der Waals surface area contributed by atoms with Crippen molar-refractivity contribution in [1.29, 1.82) is 0 Å². The summed E-state index contributed by atoms with van der Waals surface area (Å²) >= 11 is 0. The van der Waals surface area contributed by atoms with E-state index in [1.807, 2.05) is 17.9 Å². The summed E-state index contributed by atoms with van der Waals surface area (Å²) in [6.45, 7) is 11.5. The second-order valence-corrected chi connectivity index (χ2v) is 7.40. The van der Waals surface area contributed by atoms with Crippen molar-refractivity contribution >= 4 is 11.8 Å². The van der Waals surface area contributed by atoms with Crippen molar-refractivity contribution in [3.8, 4) is 0 Å². The normalized spacial score (nSPS) is 17.2. The van der Waals surface area contributed by atoms with Gasteiger partial charge in [-0.25, -0.2) is 4.39 Å². The van der Waals surface area contributed by atoms with Crippen LogP contribution in [0.3, 0.4) is 0 Å². The summed E-state index contributed by atoms with van der Waals surface area (Å²) in [5, 5.41) is 0. The van der Waals surface area contributed by atoms with Gasteiger partial charge in [-0.2, -0.15) is 0 Å². The second kappa shape index (κ2) is 11.1. The first-order valence-corrected chi connectivity index (χ1v) is 10.5. The zero-order valence-corrected chi connectivity index (χ0v) is 17.5. The van der Waals surface area contributed by atoms with Gasteiger partial charge >= 0.3 is 0 Å². The van der Waals surface area contributed by atoms with E-state index in [9.17, 15) is 14.0 Å². The maximum Gasteiger partial charge on any atom is 0.227 e. The van der Waals surface area contributed by atoms with Gasteiger partial charge in [0.05, 0.1) is 5.92 Å². The van der Waals surface area contributed by atoms with Crippen molar-refractivity contribution in [1.82, 2.24) is 14.7 Å². The van der Waals surface area contributed by atoms with Gasteiger partial charge in [0, 0.05) is 39.1 Å². The Hall–Kier alpha value is -1.95. The molecule has 2 rings (SSSR count). The molecule has 5 nitrogen and oxygen atoms in total. The molecule has 1 heterocycles. The fourth-order valence-electron chi connectivity index (χ4n) is 3.77. The summed E-state index contributed by atoms with van der Waals surface area (Å²) < 4.78 is 13.4. The average molecular weight is 392 g/mol. The number of hydrogen-bond acceptors (Lipinski definition) is 3. The van der Waals surface area contributed by atoms with Crippen LogP contribution < -0.4 is 0 Å². The van der Waals surface area contributed by atoms with Gasteiger partial charge in [0.25, 0.3) is 0 Å². The minimum Gasteiger partial charge on any atom is -0.342 e. The van der Waals surface area contributed by atoms with Crippen LogP contribution in [-0.2, 0) is 16.0 Å². The van der Waals surface area contributed by atoms with Crippen molar-refractivity contribution in [3.05, 3.63) is 35.6 Å². The van der Waals surface area contributed by atoms with Crippen LogP contribution in [0.1, 0.15) is 39.2 Å². The Morgan fingerprint density at radius 3 is 2.57 bits per heavy atom. The number of halogens is 1. The fraction of sp³-hybridized carbons (Fsp3) is 0.636. The average Bonchev–Trinajstić information content (AvgIpc) is 2.70. The molecule has 1 saturated heterocycles. The monoisotopic (exact) mass is 391 g/mol. The molecule has 6 heteroatoms. The Balaban J connectivity index is 1.92. The highest BCUT2D eigenvalue weighted by Crippen LogP contribution is 2.20. The lowest BCUT2D eigenvalue weighted by Crippen LogP contribution is -2.48. The van der Waals surface area contributed by atoms with Crippen LogP contribution in [0.25, 0.3) is 0 Å². The first-order chi connectivity index (χ1) is 13.5. The maximum atomic E-state index is 13.4. The molecule has 28 heavy (non-hydrogen) atoms. The van der Waals surface area contributed by atoms with Gasteiger partial charge < -0.3 is 14.7 Å². The van der Waals surface area contributed by atoms with Crippen molar-refractivity contribution in [2.24, 2.45) is 5.92 Å². The number of carbonyl (C=O) groups excluding carboxylic acids is 2. The van der Waals surface area contributed by atoms with Gasteiger partial charge in [0.2, 0.25) is 11.8 Å². The Morgan fingerprint density at radius 2 is 1.93 bits per heavy atom. The molecule has 0 radical (unpaired) electrons. The van der Waals surface area contributed by atoms with E-state index in [1.54, 1.807) is 11.0 Å². The lowest BCUT2D eigenvalue weighted by molar-refractivity contribution is -0.143. The van der Waals surface area contributed by atoms with Gasteiger partial charge in [0.1, 0.15) is 5.82 Å². The molecular weight excluding hydrogens is 357 g/mol. The summed E-state index contributed by atoms with van der Waals surface area (Å²) in [5.74, 6) is -0.159. The number of piperidine rings is 1. The highest BCUT2D eigenvalue weighted by atomic mass is 19.1. The predicted molar refractivity (Wildman–Crippen MR) is 109 cm³/mol. The van der Waals surface area contributed by atoms with E-state index in [4.69, 9.17) is 0 Å². The van der Waals surface area contributed by atoms with Gasteiger partial charge in [-0.1, -0.05) is 26.0 Å². The second-order valence-electron chi connectivity index (χ2n) is 7.40. The number of benzene rings is 1. The molecule has 0 aromatic heterocycles. The van der Waals surface area contributed by atoms with Gasteiger partial charge in [-0.15, -0.1) is 0 Å². The van der Waals surface area contributed by atoms with Crippen molar-refractivity contribution in [3.63, 3.8) is 0 Å². The Kier molecular flexibility index (Phi) is 8.90. The molecule has 0 bridgehead atoms. The largest absolute Gasteiger partial charge is 0.342 e. The quantitative estimate of drug-likeness (QED) is 0.616. The summed E-state index contributed by atoms with van der Waals surface area (Å²) in [4.78, 5) is 31.3. The van der Waals surface area contributed by atoms with E-state index in [2.05, 4.69) is 18.7 Å². The molecule has 1 aromatic carbocycles. The van der Waals surface area contributed by atoms with Crippen LogP contribution in [-0.4, -0.2) is 72.3 Å². The molecule has 0 N–H and O–H groups in total. The fourth-order valence-corrected chi connectivity index (χ4v) is 3.77. The molecule has 0 spiro atoms. The third kappa shape index (κ3) is 6.30. The van der Waals surface area contributed by atoms with E-state index in [-0.39, 0.29) is 23.5 Å². The third-order valence-corrected chi connectivity index (χ3v) is 5.68. The van der Waals surface area contributed by atoms with Gasteiger partial charge in [0.15, 0.2) is 0 Å². The molecule has 2 amide bonds. The molecule has 1 aromatic rings. The smallest absolute Gasteiger partial charge is 0.227 e. The lowest BCUT2D eigenvalue weighted by atomic mass is 9.95. The highest BCUT2D eigenvalue weighted by Gasteiger charge is 2.32. The number of likely N-dealkylation sites (tertiary alicyclic amines) is 1. The van der Waals surface area contributed by atoms with E-state index < -0.39 is 0 Å². The van der Waals surface area contributed by atoms with Crippen molar-refractivity contribution in [2.75, 3.05) is 45.8 Å². The lowest BCUT2D eigenvalue weighted by Gasteiger charge is -2.35. The van der Waals surface area contributed by atoms with Gasteiger partial charge in [-0.05, 0) is 50.6 Å². The number of likely N-dealkylation sites (N-methyl/N-ethyl adjacent to an activating group) is 2. The topological polar surface area (TPSA) is 43.9 Å². The Labute approximate surface area is 168 Å². The van der Waals surface area contributed by atoms with Crippen molar-refractivity contribution < 1.29 is 14.0 Å². The number of amides is 2. The van der Waals surface area contributed by atoms with E-state index in [0.717, 1.165) is 31.7 Å². The Morgan fingerprint density at radius 1 is 1.18 bits per heavy atom. The molecular formula is C22H34FN3O2. The molecule has 1 aliphatic rings. The standard InChI is InChI=1S/C22H34FN3O2/c1-4-24(5-2)14-15-25(6-3)22(28)19-10-11-21(27)26(17-19)13-12-18-8-7-9-20(23)16-18/h7-9,16,19H,4-6,10-15,17H2,1-3H3/t19-/m1/s1. The molecule has 0 saturated carbocycles. The summed E-state index contributed by atoms with van der Waals surface area (Å²) in [6.07, 6.45) is 1.63. The number of rotatable bonds is 10. The molecule has 156 valence electrons. The minimum absolute atomic E-state index is 0.0895. The van der Waals surface area contributed by atoms with E-state index in [0.29, 0.717) is 38.9 Å². The first-order valence-electron chi connectivity index (χ1n) is 10.5. The first kappa shape index (κ1) is 22.3. The summed E-state index contributed by atoms with van der Waals surface area (Å²) in [6, 6.07) is 6.47. The molecule has 0 aliphatic carbocycles. The number of nitrogens with zero attached hydrogens (tertiary/aromatic N) is 3.